The first kappa shape index (κ1) is 14.9. The summed E-state index contributed by atoms with van der Waals surface area (Å²) in [6.45, 7) is 6.91. The van der Waals surface area contributed by atoms with Crippen molar-refractivity contribution < 1.29 is 14.6 Å². The van der Waals surface area contributed by atoms with Crippen LogP contribution < -0.4 is 5.32 Å². The first-order valence-electron chi connectivity index (χ1n) is 7.13. The zero-order valence-corrected chi connectivity index (χ0v) is 12.3. The molecule has 2 atom stereocenters. The van der Waals surface area contributed by atoms with Crippen LogP contribution in [0.4, 0.5) is 0 Å². The predicted octanol–water partition coefficient (Wildman–Crippen LogP) is 2.25. The maximum atomic E-state index is 12.1. The Kier molecular flexibility index (Phi) is 4.33. The number of para-hydroxylation sites is 1. The number of carbonyl (C=O) groups excluding carboxylic acids is 1. The van der Waals surface area contributed by atoms with Crippen LogP contribution in [0.2, 0.25) is 0 Å². The lowest BCUT2D eigenvalue weighted by atomic mass is 9.64. The molecular weight excluding hydrogens is 254 g/mol. The lowest BCUT2D eigenvalue weighted by Gasteiger charge is -2.51. The van der Waals surface area contributed by atoms with Crippen molar-refractivity contribution in [2.75, 3.05) is 6.61 Å². The largest absolute Gasteiger partial charge is 0.508 e. The fourth-order valence-corrected chi connectivity index (χ4v) is 2.69. The molecule has 2 rings (SSSR count). The van der Waals surface area contributed by atoms with Gasteiger partial charge in [-0.05, 0) is 19.4 Å². The second-order valence-corrected chi connectivity index (χ2v) is 5.93. The van der Waals surface area contributed by atoms with Gasteiger partial charge >= 0.3 is 0 Å². The molecule has 1 fully saturated rings. The van der Waals surface area contributed by atoms with Gasteiger partial charge in [0.1, 0.15) is 5.75 Å². The van der Waals surface area contributed by atoms with Crippen molar-refractivity contribution in [3.05, 3.63) is 29.8 Å². The molecular formula is C16H23NO3. The number of amides is 1. The summed E-state index contributed by atoms with van der Waals surface area (Å²) in [4.78, 5) is 12.1. The number of hydrogen-bond acceptors (Lipinski definition) is 3. The molecule has 4 nitrogen and oxygen atoms in total. The van der Waals surface area contributed by atoms with Crippen molar-refractivity contribution in [3.63, 3.8) is 0 Å². The van der Waals surface area contributed by atoms with Crippen molar-refractivity contribution in [1.82, 2.24) is 5.32 Å². The first-order chi connectivity index (χ1) is 9.45. The van der Waals surface area contributed by atoms with Gasteiger partial charge in [-0.2, -0.15) is 0 Å². The molecule has 0 radical (unpaired) electrons. The van der Waals surface area contributed by atoms with Gasteiger partial charge < -0.3 is 15.2 Å². The second-order valence-electron chi connectivity index (χ2n) is 5.93. The highest BCUT2D eigenvalue weighted by molar-refractivity contribution is 5.79. The van der Waals surface area contributed by atoms with E-state index in [1.807, 2.05) is 13.0 Å². The van der Waals surface area contributed by atoms with Gasteiger partial charge in [-0.1, -0.05) is 32.0 Å². The van der Waals surface area contributed by atoms with Gasteiger partial charge in [0.15, 0.2) is 0 Å². The van der Waals surface area contributed by atoms with Crippen LogP contribution in [-0.4, -0.2) is 29.8 Å². The van der Waals surface area contributed by atoms with E-state index in [0.717, 1.165) is 6.42 Å². The van der Waals surface area contributed by atoms with Crippen LogP contribution in [0.3, 0.4) is 0 Å². The number of benzene rings is 1. The van der Waals surface area contributed by atoms with Gasteiger partial charge in [-0.15, -0.1) is 0 Å². The van der Waals surface area contributed by atoms with Gasteiger partial charge in [0.25, 0.3) is 0 Å². The number of carbonyl (C=O) groups is 1. The fourth-order valence-electron chi connectivity index (χ4n) is 2.69. The third-order valence-corrected chi connectivity index (χ3v) is 4.22. The molecule has 0 heterocycles. The van der Waals surface area contributed by atoms with Crippen LogP contribution in [0.1, 0.15) is 32.8 Å². The summed E-state index contributed by atoms with van der Waals surface area (Å²) in [6, 6.07) is 7.07. The normalized spacial score (nSPS) is 23.9. The summed E-state index contributed by atoms with van der Waals surface area (Å²) in [6.07, 6.45) is 1.27. The zero-order valence-electron chi connectivity index (χ0n) is 12.3. The third kappa shape index (κ3) is 2.96. The van der Waals surface area contributed by atoms with E-state index in [1.54, 1.807) is 18.2 Å². The highest BCUT2D eigenvalue weighted by atomic mass is 16.5. The quantitative estimate of drug-likeness (QED) is 0.868. The van der Waals surface area contributed by atoms with E-state index in [2.05, 4.69) is 19.2 Å². The molecule has 0 aromatic heterocycles. The second kappa shape index (κ2) is 5.83. The van der Waals surface area contributed by atoms with Gasteiger partial charge in [-0.25, -0.2) is 0 Å². The fraction of sp³-hybridized carbons (Fsp3) is 0.562. The van der Waals surface area contributed by atoms with Crippen molar-refractivity contribution >= 4 is 5.91 Å². The van der Waals surface area contributed by atoms with Crippen molar-refractivity contribution in [1.29, 1.82) is 0 Å². The number of ether oxygens (including phenoxy) is 1. The molecule has 1 aromatic carbocycles. The Hall–Kier alpha value is -1.55. The van der Waals surface area contributed by atoms with Crippen LogP contribution in [0.5, 0.6) is 5.75 Å². The number of phenols is 1. The Balaban J connectivity index is 1.89. The molecule has 2 unspecified atom stereocenters. The Bertz CT molecular complexity index is 484. The average molecular weight is 277 g/mol. The number of nitrogens with one attached hydrogen (secondary N) is 1. The Morgan fingerprint density at radius 1 is 1.45 bits per heavy atom. The molecule has 1 aliphatic carbocycles. The Morgan fingerprint density at radius 2 is 2.15 bits per heavy atom. The van der Waals surface area contributed by atoms with Crippen molar-refractivity contribution in [3.8, 4) is 5.75 Å². The van der Waals surface area contributed by atoms with E-state index >= 15 is 0 Å². The molecule has 20 heavy (non-hydrogen) atoms. The summed E-state index contributed by atoms with van der Waals surface area (Å²) in [5, 5.41) is 12.7. The molecule has 4 heteroatoms. The molecule has 2 N–H and O–H groups in total. The van der Waals surface area contributed by atoms with Gasteiger partial charge in [-0.3, -0.25) is 4.79 Å². The SMILES string of the molecule is CCOC1CC(NC(=O)Cc2ccccc2O)C1(C)C. The van der Waals surface area contributed by atoms with E-state index in [0.29, 0.717) is 12.2 Å². The number of hydrogen-bond donors (Lipinski definition) is 2. The first-order valence-corrected chi connectivity index (χ1v) is 7.13. The maximum Gasteiger partial charge on any atom is 0.224 e. The summed E-state index contributed by atoms with van der Waals surface area (Å²) < 4.78 is 5.65. The third-order valence-electron chi connectivity index (χ3n) is 4.22. The monoisotopic (exact) mass is 277 g/mol. The van der Waals surface area contributed by atoms with E-state index in [1.165, 1.54) is 0 Å². The van der Waals surface area contributed by atoms with Gasteiger partial charge in [0, 0.05) is 23.6 Å². The summed E-state index contributed by atoms with van der Waals surface area (Å²) >= 11 is 0. The van der Waals surface area contributed by atoms with Crippen LogP contribution in [0, 0.1) is 5.41 Å². The smallest absolute Gasteiger partial charge is 0.224 e. The topological polar surface area (TPSA) is 58.6 Å². The van der Waals surface area contributed by atoms with Crippen LogP contribution in [-0.2, 0) is 16.0 Å². The van der Waals surface area contributed by atoms with E-state index < -0.39 is 0 Å². The van der Waals surface area contributed by atoms with Crippen molar-refractivity contribution in [2.45, 2.75) is 45.8 Å². The summed E-state index contributed by atoms with van der Waals surface area (Å²) in [7, 11) is 0. The van der Waals surface area contributed by atoms with Crippen molar-refractivity contribution in [2.24, 2.45) is 5.41 Å². The van der Waals surface area contributed by atoms with Gasteiger partial charge in [0.05, 0.1) is 12.5 Å². The number of aromatic hydroxyl groups is 1. The Labute approximate surface area is 120 Å². The minimum atomic E-state index is -0.0560. The molecule has 0 saturated heterocycles. The minimum Gasteiger partial charge on any atom is -0.508 e. The van der Waals surface area contributed by atoms with E-state index in [4.69, 9.17) is 4.74 Å². The summed E-state index contributed by atoms with van der Waals surface area (Å²) in [5.41, 5.74) is 0.619. The highest BCUT2D eigenvalue weighted by Crippen LogP contribution is 2.42. The molecule has 0 bridgehead atoms. The Morgan fingerprint density at radius 3 is 2.75 bits per heavy atom. The van der Waals surface area contributed by atoms with Crippen LogP contribution >= 0.6 is 0 Å². The molecule has 1 saturated carbocycles. The molecule has 110 valence electrons. The standard InChI is InChI=1S/C16H23NO3/c1-4-20-14-10-13(16(14,2)3)17-15(19)9-11-7-5-6-8-12(11)18/h5-8,13-14,18H,4,9-10H2,1-3H3,(H,17,19). The maximum absolute atomic E-state index is 12.1. The van der Waals surface area contributed by atoms with Crippen LogP contribution in [0.15, 0.2) is 24.3 Å². The highest BCUT2D eigenvalue weighted by Gasteiger charge is 2.49. The average Bonchev–Trinajstić information content (AvgIpc) is 2.40. The van der Waals surface area contributed by atoms with E-state index in [-0.39, 0.29) is 35.6 Å². The van der Waals surface area contributed by atoms with E-state index in [9.17, 15) is 9.90 Å². The lowest BCUT2D eigenvalue weighted by Crippen LogP contribution is -2.62. The van der Waals surface area contributed by atoms with Crippen LogP contribution in [0.25, 0.3) is 0 Å². The molecule has 0 aliphatic heterocycles. The summed E-state index contributed by atoms with van der Waals surface area (Å²) in [5.74, 6) is 0.113. The van der Waals surface area contributed by atoms with Gasteiger partial charge in [0.2, 0.25) is 5.91 Å². The predicted molar refractivity (Wildman–Crippen MR) is 77.6 cm³/mol. The molecule has 1 amide bonds. The molecule has 1 aliphatic rings. The lowest BCUT2D eigenvalue weighted by molar-refractivity contribution is -0.136. The molecule has 1 aromatic rings. The zero-order chi connectivity index (χ0) is 14.8. The number of phenolic OH excluding ortho intramolecular Hbond substituents is 1. The molecule has 0 spiro atoms. The minimum absolute atomic E-state index is 0.0373. The number of rotatable bonds is 5.